The van der Waals surface area contributed by atoms with Crippen LogP contribution < -0.4 is 0 Å². The third-order valence-corrected chi connectivity index (χ3v) is 8.42. The molecule has 1 aromatic heterocycles. The number of hydrogen-bond donors (Lipinski definition) is 0. The number of benzene rings is 5. The Labute approximate surface area is 249 Å². The molecule has 0 atom stereocenters. The fourth-order valence-electron chi connectivity index (χ4n) is 6.44. The molecule has 6 aromatic rings. The van der Waals surface area contributed by atoms with Crippen LogP contribution in [0.1, 0.15) is 57.0 Å². The predicted octanol–water partition coefficient (Wildman–Crippen LogP) is 11.1. The van der Waals surface area contributed by atoms with Gasteiger partial charge in [0.25, 0.3) is 0 Å². The monoisotopic (exact) mass is 546 g/mol. The second-order valence-electron chi connectivity index (χ2n) is 10.7. The summed E-state index contributed by atoms with van der Waals surface area (Å²) in [4.78, 5) is 5.03. The van der Waals surface area contributed by atoms with E-state index in [-0.39, 0.29) is 0 Å². The molecule has 0 aliphatic heterocycles. The Hall–Kier alpha value is -4.69. The molecule has 7 rings (SSSR count). The molecule has 42 heavy (non-hydrogen) atoms. The molecule has 208 valence electrons. The molecule has 0 spiro atoms. The first-order valence-corrected chi connectivity index (χ1v) is 15.2. The normalized spacial score (nSPS) is 13.5. The molecule has 0 N–H and O–H groups in total. The first-order chi connectivity index (χ1) is 20.7. The number of rotatable bonds is 4. The van der Waals surface area contributed by atoms with Gasteiger partial charge in [-0.3, -0.25) is 4.99 Å². The molecule has 1 aliphatic carbocycles. The van der Waals surface area contributed by atoms with Crippen molar-refractivity contribution in [2.24, 2.45) is 4.99 Å². The van der Waals surface area contributed by atoms with Crippen LogP contribution in [0.5, 0.6) is 0 Å². The molecule has 5 aromatic carbocycles. The molecule has 1 heterocycles. The molecule has 2 heteroatoms. The highest BCUT2D eigenvalue weighted by molar-refractivity contribution is 6.25. The van der Waals surface area contributed by atoms with Crippen LogP contribution in [-0.4, -0.2) is 10.3 Å². The SMILES string of the molecule is CC.CCn1c2c(c3c(C(C)=N/C=C(\C)c4ccc5c6ccccc6c6ccccc6c5c4)cccc31)CC=CC=C2. The Kier molecular flexibility index (Phi) is 7.63. The van der Waals surface area contributed by atoms with E-state index in [1.165, 1.54) is 65.6 Å². The third-order valence-electron chi connectivity index (χ3n) is 8.42. The van der Waals surface area contributed by atoms with Crippen molar-refractivity contribution >= 4 is 60.6 Å². The number of aliphatic imine (C=N–C) groups is 1. The fourth-order valence-corrected chi connectivity index (χ4v) is 6.44. The third kappa shape index (κ3) is 4.58. The minimum Gasteiger partial charge on any atom is -0.341 e. The molecule has 0 amide bonds. The van der Waals surface area contributed by atoms with Crippen LogP contribution in [-0.2, 0) is 13.0 Å². The van der Waals surface area contributed by atoms with Crippen LogP contribution in [0, 0.1) is 0 Å². The molecule has 0 radical (unpaired) electrons. The summed E-state index contributed by atoms with van der Waals surface area (Å²) in [5.74, 6) is 0. The quantitative estimate of drug-likeness (QED) is 0.155. The summed E-state index contributed by atoms with van der Waals surface area (Å²) < 4.78 is 2.43. The van der Waals surface area contributed by atoms with Crippen LogP contribution in [0.25, 0.3) is 54.9 Å². The highest BCUT2D eigenvalue weighted by atomic mass is 15.0. The number of allylic oxidation sites excluding steroid dienone is 4. The maximum atomic E-state index is 5.03. The predicted molar refractivity (Wildman–Crippen MR) is 186 cm³/mol. The first-order valence-electron chi connectivity index (χ1n) is 15.2. The molecule has 0 saturated carbocycles. The fraction of sp³-hybridized carbons (Fsp3) is 0.175. The van der Waals surface area contributed by atoms with Gasteiger partial charge in [-0.05, 0) is 94.4 Å². The average Bonchev–Trinajstić information content (AvgIpc) is 3.17. The molecule has 1 aliphatic rings. The summed E-state index contributed by atoms with van der Waals surface area (Å²) in [5, 5.41) is 9.11. The van der Waals surface area contributed by atoms with E-state index in [2.05, 4.69) is 135 Å². The van der Waals surface area contributed by atoms with Gasteiger partial charge >= 0.3 is 0 Å². The van der Waals surface area contributed by atoms with E-state index in [0.29, 0.717) is 0 Å². The van der Waals surface area contributed by atoms with E-state index >= 15 is 0 Å². The Bertz CT molecular complexity index is 2040. The molecule has 2 nitrogen and oxygen atoms in total. The van der Waals surface area contributed by atoms with Crippen molar-refractivity contribution in [3.05, 3.63) is 132 Å². The molecule has 0 unspecified atom stereocenters. The number of hydrogen-bond acceptors (Lipinski definition) is 1. The van der Waals surface area contributed by atoms with Gasteiger partial charge in [-0.1, -0.05) is 105 Å². The van der Waals surface area contributed by atoms with Crippen molar-refractivity contribution in [3.8, 4) is 0 Å². The summed E-state index contributed by atoms with van der Waals surface area (Å²) >= 11 is 0. The number of aromatic nitrogens is 1. The van der Waals surface area contributed by atoms with Gasteiger partial charge < -0.3 is 4.57 Å². The van der Waals surface area contributed by atoms with E-state index in [4.69, 9.17) is 4.99 Å². The summed E-state index contributed by atoms with van der Waals surface area (Å²) in [6, 6.07) is 30.9. The van der Waals surface area contributed by atoms with Crippen molar-refractivity contribution in [3.63, 3.8) is 0 Å². The lowest BCUT2D eigenvalue weighted by Crippen LogP contribution is -1.98. The van der Waals surface area contributed by atoms with Gasteiger partial charge in [-0.2, -0.15) is 0 Å². The second kappa shape index (κ2) is 11.7. The topological polar surface area (TPSA) is 17.3 Å². The van der Waals surface area contributed by atoms with Gasteiger partial charge in [0.2, 0.25) is 0 Å². The standard InChI is InChI=1S/C38H32N2.C2H6/c1-4-40-36-19-7-5-6-17-34(36)38-28(18-12-20-37(38)40)26(3)39-24-25(2)27-21-22-33-31-15-9-8-13-29(31)30-14-10-11-16-32(30)35(33)23-27;1-2/h5-16,18-24H,4,17H2,1-3H3;1-2H3/b25-24+,39-26?;. The maximum absolute atomic E-state index is 5.03. The first kappa shape index (κ1) is 27.5. The smallest absolute Gasteiger partial charge is 0.0494 e. The highest BCUT2D eigenvalue weighted by Gasteiger charge is 2.18. The second-order valence-corrected chi connectivity index (χ2v) is 10.7. The van der Waals surface area contributed by atoms with Crippen LogP contribution in [0.2, 0.25) is 0 Å². The minimum atomic E-state index is 0.935. The van der Waals surface area contributed by atoms with E-state index < -0.39 is 0 Å². The summed E-state index contributed by atoms with van der Waals surface area (Å²) in [6.45, 7) is 11.5. The maximum Gasteiger partial charge on any atom is 0.0494 e. The largest absolute Gasteiger partial charge is 0.341 e. The summed E-state index contributed by atoms with van der Waals surface area (Å²) in [6.07, 6.45) is 11.8. The number of aryl methyl sites for hydroxylation is 1. The van der Waals surface area contributed by atoms with Gasteiger partial charge in [0.05, 0.1) is 0 Å². The molecular formula is C40H38N2. The van der Waals surface area contributed by atoms with Crippen LogP contribution in [0.4, 0.5) is 0 Å². The Morgan fingerprint density at radius 3 is 2.07 bits per heavy atom. The molecule has 0 saturated heterocycles. The number of fused-ring (bicyclic) bond motifs is 9. The number of nitrogens with zero attached hydrogens (tertiary/aromatic N) is 2. The average molecular weight is 547 g/mol. The van der Waals surface area contributed by atoms with Crippen molar-refractivity contribution in [1.29, 1.82) is 0 Å². The molecule has 0 fully saturated rings. The van der Waals surface area contributed by atoms with Gasteiger partial charge in [-0.15, -0.1) is 0 Å². The van der Waals surface area contributed by atoms with E-state index in [9.17, 15) is 0 Å². The Balaban J connectivity index is 0.00000155. The van der Waals surface area contributed by atoms with Crippen LogP contribution >= 0.6 is 0 Å². The van der Waals surface area contributed by atoms with E-state index in [1.807, 2.05) is 20.0 Å². The highest BCUT2D eigenvalue weighted by Crippen LogP contribution is 2.36. The van der Waals surface area contributed by atoms with Gasteiger partial charge in [0, 0.05) is 40.6 Å². The summed E-state index contributed by atoms with van der Waals surface area (Å²) in [7, 11) is 0. The van der Waals surface area contributed by atoms with Crippen LogP contribution in [0.15, 0.2) is 114 Å². The Morgan fingerprint density at radius 1 is 0.762 bits per heavy atom. The lowest BCUT2D eigenvalue weighted by molar-refractivity contribution is 0.786. The van der Waals surface area contributed by atoms with Crippen molar-refractivity contribution in [2.45, 2.75) is 47.6 Å². The van der Waals surface area contributed by atoms with Crippen molar-refractivity contribution < 1.29 is 0 Å². The van der Waals surface area contributed by atoms with Crippen LogP contribution in [0.3, 0.4) is 0 Å². The molecular weight excluding hydrogens is 508 g/mol. The van der Waals surface area contributed by atoms with E-state index in [0.717, 1.165) is 24.3 Å². The van der Waals surface area contributed by atoms with E-state index in [1.54, 1.807) is 0 Å². The lowest BCUT2D eigenvalue weighted by Gasteiger charge is -2.12. The van der Waals surface area contributed by atoms with Gasteiger partial charge in [0.1, 0.15) is 0 Å². The zero-order chi connectivity index (χ0) is 29.2. The molecule has 0 bridgehead atoms. The zero-order valence-corrected chi connectivity index (χ0v) is 25.3. The zero-order valence-electron chi connectivity index (χ0n) is 25.3. The summed E-state index contributed by atoms with van der Waals surface area (Å²) in [5.41, 5.74) is 8.59. The minimum absolute atomic E-state index is 0.935. The van der Waals surface area contributed by atoms with Gasteiger partial charge in [-0.25, -0.2) is 0 Å². The van der Waals surface area contributed by atoms with Crippen molar-refractivity contribution in [2.75, 3.05) is 0 Å². The lowest BCUT2D eigenvalue weighted by atomic mass is 9.92. The van der Waals surface area contributed by atoms with Crippen molar-refractivity contribution in [1.82, 2.24) is 4.57 Å². The van der Waals surface area contributed by atoms with Gasteiger partial charge in [0.15, 0.2) is 0 Å². The Morgan fingerprint density at radius 2 is 1.40 bits per heavy atom.